The zero-order chi connectivity index (χ0) is 18.4. The van der Waals surface area contributed by atoms with Crippen molar-refractivity contribution in [3.63, 3.8) is 0 Å². The van der Waals surface area contributed by atoms with Crippen LogP contribution in [0.4, 0.5) is 0 Å². The molecule has 2 heterocycles. The zero-order valence-electron chi connectivity index (χ0n) is 14.2. The Morgan fingerprint density at radius 2 is 2.00 bits per heavy atom. The van der Waals surface area contributed by atoms with Gasteiger partial charge in [-0.1, -0.05) is 23.7 Å². The van der Waals surface area contributed by atoms with Crippen molar-refractivity contribution in [3.8, 4) is 0 Å². The Labute approximate surface area is 155 Å². The monoisotopic (exact) mass is 373 g/mol. The van der Waals surface area contributed by atoms with Crippen molar-refractivity contribution in [1.82, 2.24) is 14.5 Å². The van der Waals surface area contributed by atoms with Gasteiger partial charge in [-0.15, -0.1) is 0 Å². The van der Waals surface area contributed by atoms with Crippen LogP contribution >= 0.6 is 11.6 Å². The van der Waals surface area contributed by atoms with E-state index in [1.165, 1.54) is 6.33 Å². The highest BCUT2D eigenvalue weighted by atomic mass is 35.5. The van der Waals surface area contributed by atoms with E-state index in [0.29, 0.717) is 22.7 Å². The molecule has 6 nitrogen and oxygen atoms in total. The Morgan fingerprint density at radius 1 is 1.19 bits per heavy atom. The molecule has 3 N–H and O–H groups in total. The van der Waals surface area contributed by atoms with Gasteiger partial charge in [0.15, 0.2) is 0 Å². The minimum Gasteiger partial charge on any atom is -0.390 e. The van der Waals surface area contributed by atoms with E-state index in [0.717, 1.165) is 11.1 Å². The van der Waals surface area contributed by atoms with Crippen molar-refractivity contribution in [2.45, 2.75) is 37.7 Å². The van der Waals surface area contributed by atoms with Crippen molar-refractivity contribution < 1.29 is 15.3 Å². The maximum Gasteiger partial charge on any atom is 0.143 e. The molecule has 1 saturated carbocycles. The summed E-state index contributed by atoms with van der Waals surface area (Å²) in [4.78, 5) is 8.51. The van der Waals surface area contributed by atoms with Crippen LogP contribution in [0.3, 0.4) is 0 Å². The second-order valence-electron chi connectivity index (χ2n) is 6.87. The molecule has 3 aromatic rings. The Morgan fingerprint density at radius 3 is 2.77 bits per heavy atom. The third-order valence-electron chi connectivity index (χ3n) is 5.36. The van der Waals surface area contributed by atoms with Crippen LogP contribution in [0, 0.1) is 12.8 Å². The minimum absolute atomic E-state index is 0.379. The fourth-order valence-corrected chi connectivity index (χ4v) is 4.13. The molecule has 1 aromatic carbocycles. The maximum absolute atomic E-state index is 10.7. The Bertz CT molecular complexity index is 945. The molecule has 0 radical (unpaired) electrons. The highest BCUT2D eigenvalue weighted by Crippen LogP contribution is 2.43. The first-order valence-electron chi connectivity index (χ1n) is 8.55. The number of fused-ring (bicyclic) bond motifs is 1. The summed E-state index contributed by atoms with van der Waals surface area (Å²) < 4.78 is 1.86. The van der Waals surface area contributed by atoms with Crippen LogP contribution in [-0.4, -0.2) is 42.1 Å². The van der Waals surface area contributed by atoms with Gasteiger partial charge in [-0.05, 0) is 37.1 Å². The summed E-state index contributed by atoms with van der Waals surface area (Å²) in [5, 5.41) is 33.4. The van der Waals surface area contributed by atoms with Gasteiger partial charge in [-0.2, -0.15) is 0 Å². The highest BCUT2D eigenvalue weighted by Gasteiger charge is 2.46. The second-order valence-corrected chi connectivity index (χ2v) is 7.30. The molecule has 1 aliphatic carbocycles. The molecule has 2 unspecified atom stereocenters. The van der Waals surface area contributed by atoms with E-state index in [1.807, 2.05) is 23.8 Å². The standard InChI is InChI=1S/C19H20ClN3O3/c1-10-13-5-6-23(19(13)22-9-21-10)15-8-14(17(25)18(15)26)16(24)11-3-2-4-12(20)7-11/h2-7,9,14-18,24-26H,8H2,1H3/t14?,15?,16-,17+,18-/m0/s1. The number of hydrogen-bond donors (Lipinski definition) is 3. The summed E-state index contributed by atoms with van der Waals surface area (Å²) in [5.41, 5.74) is 2.20. The van der Waals surface area contributed by atoms with Crippen LogP contribution in [0.5, 0.6) is 0 Å². The molecule has 7 heteroatoms. The van der Waals surface area contributed by atoms with Crippen LogP contribution in [-0.2, 0) is 0 Å². The quantitative estimate of drug-likeness (QED) is 0.655. The lowest BCUT2D eigenvalue weighted by molar-refractivity contribution is -0.0264. The van der Waals surface area contributed by atoms with Crippen LogP contribution in [0.15, 0.2) is 42.9 Å². The Kier molecular flexibility index (Phi) is 4.44. The van der Waals surface area contributed by atoms with Gasteiger partial charge in [0, 0.05) is 22.5 Å². The predicted molar refractivity (Wildman–Crippen MR) is 97.8 cm³/mol. The first-order valence-corrected chi connectivity index (χ1v) is 8.93. The van der Waals surface area contributed by atoms with E-state index < -0.39 is 24.2 Å². The summed E-state index contributed by atoms with van der Waals surface area (Å²) in [6.45, 7) is 1.90. The van der Waals surface area contributed by atoms with Crippen molar-refractivity contribution in [2.75, 3.05) is 0 Å². The van der Waals surface area contributed by atoms with Gasteiger partial charge >= 0.3 is 0 Å². The number of aliphatic hydroxyl groups is 3. The van der Waals surface area contributed by atoms with Gasteiger partial charge in [-0.3, -0.25) is 0 Å². The van der Waals surface area contributed by atoms with Crippen LogP contribution in [0.2, 0.25) is 5.02 Å². The molecule has 26 heavy (non-hydrogen) atoms. The van der Waals surface area contributed by atoms with E-state index in [4.69, 9.17) is 11.6 Å². The molecule has 1 fully saturated rings. The number of nitrogens with zero attached hydrogens (tertiary/aromatic N) is 3. The fraction of sp³-hybridized carbons (Fsp3) is 0.368. The van der Waals surface area contributed by atoms with Crippen molar-refractivity contribution >= 4 is 22.6 Å². The van der Waals surface area contributed by atoms with E-state index in [2.05, 4.69) is 9.97 Å². The van der Waals surface area contributed by atoms with Crippen LogP contribution in [0.25, 0.3) is 11.0 Å². The molecule has 1 aliphatic rings. The third kappa shape index (κ3) is 2.79. The minimum atomic E-state index is -1.05. The lowest BCUT2D eigenvalue weighted by Crippen LogP contribution is -2.31. The molecule has 2 aromatic heterocycles. The van der Waals surface area contributed by atoms with Gasteiger partial charge < -0.3 is 19.9 Å². The highest BCUT2D eigenvalue weighted by molar-refractivity contribution is 6.30. The number of halogens is 1. The van der Waals surface area contributed by atoms with Gasteiger partial charge in [0.25, 0.3) is 0 Å². The largest absolute Gasteiger partial charge is 0.390 e. The Hall–Kier alpha value is -1.99. The Balaban J connectivity index is 1.66. The lowest BCUT2D eigenvalue weighted by atomic mass is 9.92. The third-order valence-corrected chi connectivity index (χ3v) is 5.59. The smallest absolute Gasteiger partial charge is 0.143 e. The zero-order valence-corrected chi connectivity index (χ0v) is 15.0. The number of aryl methyl sites for hydroxylation is 1. The first-order chi connectivity index (χ1) is 12.5. The summed E-state index contributed by atoms with van der Waals surface area (Å²) >= 11 is 6.01. The average molecular weight is 374 g/mol. The number of rotatable bonds is 3. The number of aromatic nitrogens is 3. The van der Waals surface area contributed by atoms with Gasteiger partial charge in [0.1, 0.15) is 18.1 Å². The SMILES string of the molecule is Cc1ncnc2c1ccn2C1CC([C@@H](O)c2cccc(Cl)c2)[C@@H](O)[C@H]1O. The lowest BCUT2D eigenvalue weighted by Gasteiger charge is -2.22. The van der Waals surface area contributed by atoms with E-state index >= 15 is 0 Å². The maximum atomic E-state index is 10.7. The summed E-state index contributed by atoms with van der Waals surface area (Å²) in [6, 6.07) is 8.47. The molecule has 0 aliphatic heterocycles. The van der Waals surface area contributed by atoms with Crippen LogP contribution in [0.1, 0.15) is 29.8 Å². The number of aliphatic hydroxyl groups excluding tert-OH is 3. The van der Waals surface area contributed by atoms with Crippen molar-refractivity contribution in [1.29, 1.82) is 0 Å². The molecular formula is C19H20ClN3O3. The van der Waals surface area contributed by atoms with E-state index in [9.17, 15) is 15.3 Å². The molecule has 4 rings (SSSR count). The molecular weight excluding hydrogens is 354 g/mol. The molecule has 5 atom stereocenters. The molecule has 0 saturated heterocycles. The average Bonchev–Trinajstić information content (AvgIpc) is 3.18. The molecule has 0 bridgehead atoms. The van der Waals surface area contributed by atoms with Gasteiger partial charge in [0.2, 0.25) is 0 Å². The van der Waals surface area contributed by atoms with E-state index in [1.54, 1.807) is 24.3 Å². The van der Waals surface area contributed by atoms with Gasteiger partial charge in [-0.25, -0.2) is 9.97 Å². The second kappa shape index (κ2) is 6.63. The first kappa shape index (κ1) is 17.4. The van der Waals surface area contributed by atoms with Crippen molar-refractivity contribution in [3.05, 3.63) is 59.1 Å². The van der Waals surface area contributed by atoms with Gasteiger partial charge in [0.05, 0.1) is 23.9 Å². The summed E-state index contributed by atoms with van der Waals surface area (Å²) in [5.74, 6) is -0.506. The number of benzene rings is 1. The molecule has 0 spiro atoms. The van der Waals surface area contributed by atoms with Crippen LogP contribution < -0.4 is 0 Å². The fourth-order valence-electron chi connectivity index (χ4n) is 3.94. The van der Waals surface area contributed by atoms with E-state index in [-0.39, 0.29) is 6.04 Å². The molecule has 0 amide bonds. The topological polar surface area (TPSA) is 91.4 Å². The van der Waals surface area contributed by atoms with Crippen molar-refractivity contribution in [2.24, 2.45) is 5.92 Å². The number of hydrogen-bond acceptors (Lipinski definition) is 5. The predicted octanol–water partition coefficient (Wildman–Crippen LogP) is 2.41. The normalized spacial score (nSPS) is 27.1. The summed E-state index contributed by atoms with van der Waals surface area (Å²) in [6.07, 6.45) is 0.796. The summed E-state index contributed by atoms with van der Waals surface area (Å²) in [7, 11) is 0. The molecule has 136 valence electrons.